The maximum absolute atomic E-state index is 13.3. The summed E-state index contributed by atoms with van der Waals surface area (Å²) in [6, 6.07) is 12.7. The molecule has 31 heavy (non-hydrogen) atoms. The van der Waals surface area contributed by atoms with Gasteiger partial charge in [-0.15, -0.1) is 11.3 Å². The first-order valence-corrected chi connectivity index (χ1v) is 10.7. The predicted molar refractivity (Wildman–Crippen MR) is 122 cm³/mol. The van der Waals surface area contributed by atoms with E-state index >= 15 is 0 Å². The summed E-state index contributed by atoms with van der Waals surface area (Å²) in [5.41, 5.74) is 2.41. The number of carbonyl (C=O) groups is 2. The number of benzene rings is 2. The average Bonchev–Trinajstić information content (AvgIpc) is 3.32. The molecule has 0 bridgehead atoms. The van der Waals surface area contributed by atoms with Gasteiger partial charge in [0.25, 0.3) is 5.91 Å². The second-order valence-electron chi connectivity index (χ2n) is 6.85. The van der Waals surface area contributed by atoms with E-state index in [-0.39, 0.29) is 17.6 Å². The van der Waals surface area contributed by atoms with Gasteiger partial charge in [-0.25, -0.2) is 9.07 Å². The lowest BCUT2D eigenvalue weighted by Gasteiger charge is -2.09. The number of nitrogens with zero attached hydrogens (tertiary/aromatic N) is 2. The summed E-state index contributed by atoms with van der Waals surface area (Å²) in [6.45, 7) is 3.61. The highest BCUT2D eigenvalue weighted by Gasteiger charge is 2.18. The molecule has 158 valence electrons. The van der Waals surface area contributed by atoms with Crippen molar-refractivity contribution in [2.75, 3.05) is 10.6 Å². The second-order valence-corrected chi connectivity index (χ2v) is 8.29. The molecule has 2 N–H and O–H groups in total. The number of thiophene rings is 1. The van der Waals surface area contributed by atoms with E-state index < -0.39 is 0 Å². The van der Waals surface area contributed by atoms with Crippen molar-refractivity contribution in [2.45, 2.75) is 20.3 Å². The Labute approximate surface area is 186 Å². The number of hydrogen-bond acceptors (Lipinski definition) is 4. The van der Waals surface area contributed by atoms with Crippen LogP contribution in [0.15, 0.2) is 48.5 Å². The Bertz CT molecular complexity index is 1300. The van der Waals surface area contributed by atoms with Gasteiger partial charge in [-0.1, -0.05) is 18.5 Å². The average molecular weight is 457 g/mol. The van der Waals surface area contributed by atoms with Crippen LogP contribution in [0, 0.1) is 12.7 Å². The normalized spacial score (nSPS) is 11.0. The van der Waals surface area contributed by atoms with Crippen LogP contribution in [0.1, 0.15) is 28.7 Å². The first-order chi connectivity index (χ1) is 14.9. The van der Waals surface area contributed by atoms with Crippen LogP contribution < -0.4 is 10.6 Å². The molecule has 0 aliphatic heterocycles. The van der Waals surface area contributed by atoms with E-state index in [2.05, 4.69) is 15.7 Å². The second kappa shape index (κ2) is 8.49. The van der Waals surface area contributed by atoms with Crippen LogP contribution in [-0.4, -0.2) is 21.6 Å². The summed E-state index contributed by atoms with van der Waals surface area (Å²) >= 11 is 7.51. The molecular formula is C22H18ClFN4O2S. The van der Waals surface area contributed by atoms with Crippen molar-refractivity contribution in [1.29, 1.82) is 0 Å². The van der Waals surface area contributed by atoms with Crippen LogP contribution in [0.25, 0.3) is 15.9 Å². The Kier molecular flexibility index (Phi) is 5.75. The van der Waals surface area contributed by atoms with Crippen molar-refractivity contribution in [2.24, 2.45) is 0 Å². The van der Waals surface area contributed by atoms with Gasteiger partial charge in [0.05, 0.1) is 27.0 Å². The minimum atomic E-state index is -0.329. The minimum Gasteiger partial charge on any atom is -0.326 e. The number of fused-ring (bicyclic) bond motifs is 1. The highest BCUT2D eigenvalue weighted by Crippen LogP contribution is 2.32. The minimum absolute atomic E-state index is 0.134. The highest BCUT2D eigenvalue weighted by atomic mass is 35.5. The van der Waals surface area contributed by atoms with Gasteiger partial charge in [-0.2, -0.15) is 5.10 Å². The van der Waals surface area contributed by atoms with Gasteiger partial charge in [0.2, 0.25) is 5.91 Å². The number of nitrogens with one attached hydrogen (secondary N) is 2. The predicted octanol–water partition coefficient (Wildman–Crippen LogP) is 5.79. The summed E-state index contributed by atoms with van der Waals surface area (Å²) < 4.78 is 15.0. The van der Waals surface area contributed by atoms with Crippen LogP contribution in [0.4, 0.5) is 15.8 Å². The monoisotopic (exact) mass is 456 g/mol. The summed E-state index contributed by atoms with van der Waals surface area (Å²) in [6.07, 6.45) is 0.344. The van der Waals surface area contributed by atoms with Gasteiger partial charge in [0, 0.05) is 17.5 Å². The third-order valence-corrected chi connectivity index (χ3v) is 6.10. The van der Waals surface area contributed by atoms with Gasteiger partial charge in [0.1, 0.15) is 10.6 Å². The van der Waals surface area contributed by atoms with Crippen molar-refractivity contribution in [3.05, 3.63) is 69.9 Å². The van der Waals surface area contributed by atoms with Gasteiger partial charge in [-0.3, -0.25) is 9.59 Å². The maximum Gasteiger partial charge on any atom is 0.265 e. The SMILES string of the molecule is CCC(=O)Nc1ccc(Cl)c(NC(=O)c2cc3c(C)nn(-c4ccc(F)cc4)c3s2)c1. The molecule has 0 unspecified atom stereocenters. The molecule has 4 rings (SSSR count). The topological polar surface area (TPSA) is 76.0 Å². The van der Waals surface area contributed by atoms with Crippen molar-refractivity contribution in [3.8, 4) is 5.69 Å². The van der Waals surface area contributed by atoms with Crippen molar-refractivity contribution in [1.82, 2.24) is 9.78 Å². The standard InChI is InChI=1S/C22H18ClFN4O2S/c1-3-20(29)25-14-6-9-17(23)18(10-14)26-21(30)19-11-16-12(2)27-28(22(16)31-19)15-7-4-13(24)5-8-15/h4-11H,3H2,1-2H3,(H,25,29)(H,26,30). The zero-order valence-corrected chi connectivity index (χ0v) is 18.3. The lowest BCUT2D eigenvalue weighted by molar-refractivity contribution is -0.115. The highest BCUT2D eigenvalue weighted by molar-refractivity contribution is 7.20. The van der Waals surface area contributed by atoms with E-state index in [4.69, 9.17) is 11.6 Å². The van der Waals surface area contributed by atoms with E-state index in [0.717, 1.165) is 15.9 Å². The summed E-state index contributed by atoms with van der Waals surface area (Å²) in [5.74, 6) is -0.790. The Morgan fingerprint density at radius 2 is 1.87 bits per heavy atom. The quantitative estimate of drug-likeness (QED) is 0.399. The molecule has 0 saturated carbocycles. The molecule has 0 spiro atoms. The number of amides is 2. The van der Waals surface area contributed by atoms with Gasteiger partial charge in [0.15, 0.2) is 0 Å². The number of carbonyl (C=O) groups excluding carboxylic acids is 2. The van der Waals surface area contributed by atoms with Crippen molar-refractivity contribution < 1.29 is 14.0 Å². The number of aromatic nitrogens is 2. The van der Waals surface area contributed by atoms with Crippen LogP contribution in [0.2, 0.25) is 5.02 Å². The molecule has 6 nitrogen and oxygen atoms in total. The molecule has 0 aliphatic rings. The molecule has 0 fully saturated rings. The van der Waals surface area contributed by atoms with Crippen LogP contribution >= 0.6 is 22.9 Å². The molecule has 0 saturated heterocycles. The molecule has 0 atom stereocenters. The molecular weight excluding hydrogens is 439 g/mol. The largest absolute Gasteiger partial charge is 0.326 e. The Morgan fingerprint density at radius 3 is 2.58 bits per heavy atom. The maximum atomic E-state index is 13.3. The lowest BCUT2D eigenvalue weighted by Crippen LogP contribution is -2.12. The Morgan fingerprint density at radius 1 is 1.13 bits per heavy atom. The molecule has 4 aromatic rings. The summed E-state index contributed by atoms with van der Waals surface area (Å²) in [5, 5.41) is 11.3. The number of anilines is 2. The fourth-order valence-electron chi connectivity index (χ4n) is 3.05. The van der Waals surface area contributed by atoms with Crippen LogP contribution in [-0.2, 0) is 4.79 Å². The first-order valence-electron chi connectivity index (χ1n) is 9.51. The molecule has 2 amide bonds. The molecule has 2 heterocycles. The Hall–Kier alpha value is -3.23. The van der Waals surface area contributed by atoms with Crippen LogP contribution in [0.3, 0.4) is 0 Å². The fourth-order valence-corrected chi connectivity index (χ4v) is 4.29. The molecule has 0 radical (unpaired) electrons. The van der Waals surface area contributed by atoms with E-state index in [0.29, 0.717) is 33.4 Å². The molecule has 2 aromatic carbocycles. The van der Waals surface area contributed by atoms with E-state index in [9.17, 15) is 14.0 Å². The van der Waals surface area contributed by atoms with E-state index in [1.54, 1.807) is 48.0 Å². The van der Waals surface area contributed by atoms with Crippen molar-refractivity contribution in [3.63, 3.8) is 0 Å². The number of rotatable bonds is 5. The van der Waals surface area contributed by atoms with E-state index in [1.165, 1.54) is 23.5 Å². The number of hydrogen-bond donors (Lipinski definition) is 2. The molecule has 0 aliphatic carbocycles. The Balaban J connectivity index is 1.63. The van der Waals surface area contributed by atoms with Gasteiger partial charge >= 0.3 is 0 Å². The van der Waals surface area contributed by atoms with E-state index in [1.807, 2.05) is 6.92 Å². The number of halogens is 2. The molecule has 2 aromatic heterocycles. The molecule has 9 heteroatoms. The summed E-state index contributed by atoms with van der Waals surface area (Å²) in [4.78, 5) is 25.8. The van der Waals surface area contributed by atoms with Crippen molar-refractivity contribution >= 4 is 56.3 Å². The smallest absolute Gasteiger partial charge is 0.265 e. The zero-order chi connectivity index (χ0) is 22.1. The lowest BCUT2D eigenvalue weighted by atomic mass is 10.2. The number of aryl methyl sites for hydroxylation is 1. The third-order valence-electron chi connectivity index (χ3n) is 4.66. The first kappa shape index (κ1) is 21.0. The fraction of sp³-hybridized carbons (Fsp3) is 0.136. The van der Waals surface area contributed by atoms with Crippen LogP contribution in [0.5, 0.6) is 0 Å². The van der Waals surface area contributed by atoms with Gasteiger partial charge < -0.3 is 10.6 Å². The summed E-state index contributed by atoms with van der Waals surface area (Å²) in [7, 11) is 0. The zero-order valence-electron chi connectivity index (χ0n) is 16.7. The van der Waals surface area contributed by atoms with Gasteiger partial charge in [-0.05, 0) is 55.5 Å². The third kappa shape index (κ3) is 4.30.